The fraction of sp³-hybridized carbons (Fsp3) is 0.227. The maximum absolute atomic E-state index is 13.2. The minimum absolute atomic E-state index is 0.0895. The SMILES string of the molecule is CCn1cc2nc(SCc3ccccc3)n(Cc3ccc(C)cc3)c(=O)c2n1. The molecule has 2 aromatic carbocycles. The predicted molar refractivity (Wildman–Crippen MR) is 114 cm³/mol. The number of nitrogens with zero attached hydrogens (tertiary/aromatic N) is 4. The van der Waals surface area contributed by atoms with Gasteiger partial charge in [0, 0.05) is 12.3 Å². The number of rotatable bonds is 6. The van der Waals surface area contributed by atoms with E-state index in [1.165, 1.54) is 11.1 Å². The van der Waals surface area contributed by atoms with Crippen LogP contribution in [-0.4, -0.2) is 19.3 Å². The van der Waals surface area contributed by atoms with Gasteiger partial charge in [0.25, 0.3) is 5.56 Å². The van der Waals surface area contributed by atoms with E-state index in [2.05, 4.69) is 48.4 Å². The average Bonchev–Trinajstić information content (AvgIpc) is 3.14. The zero-order chi connectivity index (χ0) is 19.5. The van der Waals surface area contributed by atoms with Crippen molar-refractivity contribution in [1.29, 1.82) is 0 Å². The zero-order valence-corrected chi connectivity index (χ0v) is 16.8. The Morgan fingerprint density at radius 3 is 2.46 bits per heavy atom. The van der Waals surface area contributed by atoms with Gasteiger partial charge in [-0.15, -0.1) is 0 Å². The second-order valence-corrected chi connectivity index (χ2v) is 7.71. The van der Waals surface area contributed by atoms with Crippen molar-refractivity contribution < 1.29 is 0 Å². The van der Waals surface area contributed by atoms with Crippen LogP contribution in [0.2, 0.25) is 0 Å². The first-order valence-corrected chi connectivity index (χ1v) is 10.3. The maximum Gasteiger partial charge on any atom is 0.282 e. The van der Waals surface area contributed by atoms with Crippen LogP contribution < -0.4 is 5.56 Å². The van der Waals surface area contributed by atoms with Gasteiger partial charge in [-0.25, -0.2) is 4.98 Å². The van der Waals surface area contributed by atoms with Crippen LogP contribution in [0, 0.1) is 6.92 Å². The van der Waals surface area contributed by atoms with E-state index in [4.69, 9.17) is 4.98 Å². The first-order valence-electron chi connectivity index (χ1n) is 9.34. The summed E-state index contributed by atoms with van der Waals surface area (Å²) in [6.45, 7) is 5.25. The zero-order valence-electron chi connectivity index (χ0n) is 16.0. The van der Waals surface area contributed by atoms with Crippen LogP contribution in [0.1, 0.15) is 23.6 Å². The number of hydrogen-bond donors (Lipinski definition) is 0. The van der Waals surface area contributed by atoms with Crippen molar-refractivity contribution in [3.05, 3.63) is 87.8 Å². The summed E-state index contributed by atoms with van der Waals surface area (Å²) >= 11 is 1.58. The van der Waals surface area contributed by atoms with Gasteiger partial charge in [-0.1, -0.05) is 71.9 Å². The third-order valence-corrected chi connectivity index (χ3v) is 5.68. The molecule has 0 aliphatic rings. The molecule has 4 rings (SSSR count). The molecular formula is C22H22N4OS. The van der Waals surface area contributed by atoms with Crippen molar-refractivity contribution in [1.82, 2.24) is 19.3 Å². The molecule has 6 heteroatoms. The smallest absolute Gasteiger partial charge is 0.281 e. The minimum Gasteiger partial charge on any atom is -0.281 e. The fourth-order valence-corrected chi connectivity index (χ4v) is 3.99. The van der Waals surface area contributed by atoms with Crippen LogP contribution in [0.4, 0.5) is 0 Å². The largest absolute Gasteiger partial charge is 0.282 e. The van der Waals surface area contributed by atoms with Gasteiger partial charge >= 0.3 is 0 Å². The Morgan fingerprint density at radius 1 is 1.00 bits per heavy atom. The van der Waals surface area contributed by atoms with Crippen molar-refractivity contribution >= 4 is 22.8 Å². The van der Waals surface area contributed by atoms with Crippen LogP contribution in [0.3, 0.4) is 0 Å². The Morgan fingerprint density at radius 2 is 1.75 bits per heavy atom. The Kier molecular flexibility index (Phi) is 5.30. The van der Waals surface area contributed by atoms with Crippen LogP contribution in [0.5, 0.6) is 0 Å². The van der Waals surface area contributed by atoms with Crippen molar-refractivity contribution in [3.63, 3.8) is 0 Å². The van der Waals surface area contributed by atoms with Crippen LogP contribution in [0.25, 0.3) is 11.0 Å². The fourth-order valence-electron chi connectivity index (χ4n) is 3.03. The molecule has 0 fully saturated rings. The highest BCUT2D eigenvalue weighted by Gasteiger charge is 2.15. The lowest BCUT2D eigenvalue weighted by Gasteiger charge is -2.12. The van der Waals surface area contributed by atoms with Crippen molar-refractivity contribution in [3.8, 4) is 0 Å². The summed E-state index contributed by atoms with van der Waals surface area (Å²) in [5.41, 5.74) is 4.47. The topological polar surface area (TPSA) is 52.7 Å². The quantitative estimate of drug-likeness (QED) is 0.365. The van der Waals surface area contributed by atoms with Gasteiger partial charge in [-0.05, 0) is 25.0 Å². The molecule has 0 amide bonds. The van der Waals surface area contributed by atoms with E-state index in [-0.39, 0.29) is 5.56 Å². The molecule has 0 spiro atoms. The number of aromatic nitrogens is 4. The summed E-state index contributed by atoms with van der Waals surface area (Å²) in [5, 5.41) is 5.14. The Bertz CT molecular complexity index is 1150. The highest BCUT2D eigenvalue weighted by Crippen LogP contribution is 2.22. The highest BCUT2D eigenvalue weighted by molar-refractivity contribution is 7.98. The molecule has 2 heterocycles. The van der Waals surface area contributed by atoms with Gasteiger partial charge in [0.1, 0.15) is 5.52 Å². The van der Waals surface area contributed by atoms with E-state index >= 15 is 0 Å². The molecule has 2 aromatic heterocycles. The molecule has 0 aliphatic carbocycles. The van der Waals surface area contributed by atoms with E-state index in [1.54, 1.807) is 21.0 Å². The van der Waals surface area contributed by atoms with E-state index < -0.39 is 0 Å². The van der Waals surface area contributed by atoms with Gasteiger partial charge in [0.2, 0.25) is 0 Å². The van der Waals surface area contributed by atoms with Gasteiger partial charge < -0.3 is 0 Å². The van der Waals surface area contributed by atoms with Crippen molar-refractivity contribution in [2.75, 3.05) is 0 Å². The lowest BCUT2D eigenvalue weighted by atomic mass is 10.1. The molecule has 0 N–H and O–H groups in total. The maximum atomic E-state index is 13.2. The predicted octanol–water partition coefficient (Wildman–Crippen LogP) is 4.26. The highest BCUT2D eigenvalue weighted by atomic mass is 32.2. The molecule has 0 saturated carbocycles. The molecule has 0 aliphatic heterocycles. The third-order valence-electron chi connectivity index (χ3n) is 4.63. The summed E-state index contributed by atoms with van der Waals surface area (Å²) in [6, 6.07) is 18.5. The molecule has 0 bridgehead atoms. The average molecular weight is 391 g/mol. The lowest BCUT2D eigenvalue weighted by molar-refractivity contribution is 0.650. The molecule has 5 nitrogen and oxygen atoms in total. The van der Waals surface area contributed by atoms with Gasteiger partial charge in [0.05, 0.1) is 12.7 Å². The second-order valence-electron chi connectivity index (χ2n) is 6.76. The summed E-state index contributed by atoms with van der Waals surface area (Å²) < 4.78 is 3.51. The second kappa shape index (κ2) is 8.02. The molecule has 0 saturated heterocycles. The molecule has 0 atom stereocenters. The van der Waals surface area contributed by atoms with E-state index in [0.717, 1.165) is 16.5 Å². The Labute approximate surface area is 168 Å². The summed E-state index contributed by atoms with van der Waals surface area (Å²) in [4.78, 5) is 18.0. The third kappa shape index (κ3) is 3.87. The number of aryl methyl sites for hydroxylation is 2. The first kappa shape index (κ1) is 18.5. The lowest BCUT2D eigenvalue weighted by Crippen LogP contribution is -2.24. The van der Waals surface area contributed by atoms with E-state index in [1.807, 2.05) is 31.3 Å². The van der Waals surface area contributed by atoms with Crippen molar-refractivity contribution in [2.45, 2.75) is 37.8 Å². The summed E-state index contributed by atoms with van der Waals surface area (Å²) in [7, 11) is 0. The molecule has 0 radical (unpaired) electrons. The molecule has 142 valence electrons. The van der Waals surface area contributed by atoms with Crippen LogP contribution in [-0.2, 0) is 18.8 Å². The van der Waals surface area contributed by atoms with Crippen LogP contribution in [0.15, 0.2) is 70.7 Å². The molecule has 0 unspecified atom stereocenters. The molecule has 28 heavy (non-hydrogen) atoms. The summed E-state index contributed by atoms with van der Waals surface area (Å²) in [6.07, 6.45) is 1.85. The standard InChI is InChI=1S/C22H22N4OS/c1-3-25-14-19-20(24-25)21(27)26(13-17-11-9-16(2)10-12-17)22(23-19)28-15-18-7-5-4-6-8-18/h4-12,14H,3,13,15H2,1-2H3. The monoisotopic (exact) mass is 390 g/mol. The number of benzene rings is 2. The van der Waals surface area contributed by atoms with Gasteiger partial charge in [-0.2, -0.15) is 5.10 Å². The number of thioether (sulfide) groups is 1. The first-order chi connectivity index (χ1) is 13.6. The van der Waals surface area contributed by atoms with Gasteiger partial charge in [-0.3, -0.25) is 14.0 Å². The van der Waals surface area contributed by atoms with Gasteiger partial charge in [0.15, 0.2) is 10.7 Å². The number of fused-ring (bicyclic) bond motifs is 1. The minimum atomic E-state index is -0.0895. The number of hydrogen-bond acceptors (Lipinski definition) is 4. The Balaban J connectivity index is 1.75. The van der Waals surface area contributed by atoms with E-state index in [9.17, 15) is 4.79 Å². The molecule has 4 aromatic rings. The van der Waals surface area contributed by atoms with E-state index in [0.29, 0.717) is 24.1 Å². The van der Waals surface area contributed by atoms with Crippen molar-refractivity contribution in [2.24, 2.45) is 0 Å². The Hall–Kier alpha value is -2.86. The normalized spacial score (nSPS) is 11.2. The molecular weight excluding hydrogens is 368 g/mol. The van der Waals surface area contributed by atoms with Crippen LogP contribution >= 0.6 is 11.8 Å². The summed E-state index contributed by atoms with van der Waals surface area (Å²) in [5.74, 6) is 0.759.